The van der Waals surface area contributed by atoms with Crippen molar-refractivity contribution < 1.29 is 33.6 Å². The molecule has 2 amide bonds. The molecule has 0 saturated heterocycles. The molecule has 148 valence electrons. The summed E-state index contributed by atoms with van der Waals surface area (Å²) in [4.78, 5) is 24.6. The van der Waals surface area contributed by atoms with Crippen molar-refractivity contribution in [2.24, 2.45) is 0 Å². The fourth-order valence-electron chi connectivity index (χ4n) is 2.71. The molecule has 0 aliphatic carbocycles. The van der Waals surface area contributed by atoms with E-state index in [0.29, 0.717) is 17.9 Å². The molecule has 0 radical (unpaired) electrons. The lowest BCUT2D eigenvalue weighted by Gasteiger charge is -2.28. The zero-order chi connectivity index (χ0) is 20.0. The number of hydrogen-bond donors (Lipinski definition) is 3. The van der Waals surface area contributed by atoms with Gasteiger partial charge in [-0.3, -0.25) is 0 Å². The lowest BCUT2D eigenvalue weighted by atomic mass is 9.95. The summed E-state index contributed by atoms with van der Waals surface area (Å²) in [5.41, 5.74) is 1.10. The van der Waals surface area contributed by atoms with Crippen molar-refractivity contribution in [1.82, 2.24) is 10.6 Å². The second kappa shape index (κ2) is 9.13. The Morgan fingerprint density at radius 2 is 1.81 bits per heavy atom. The van der Waals surface area contributed by atoms with Gasteiger partial charge in [0.05, 0.1) is 32.4 Å². The normalized spacial score (nSPS) is 16.4. The van der Waals surface area contributed by atoms with Crippen LogP contribution in [0.4, 0.5) is 4.79 Å². The van der Waals surface area contributed by atoms with Crippen LogP contribution >= 0.6 is 0 Å². The summed E-state index contributed by atoms with van der Waals surface area (Å²) in [6.45, 7) is 4.34. The number of benzene rings is 1. The number of ether oxygens (including phenoxy) is 4. The van der Waals surface area contributed by atoms with Gasteiger partial charge in [0.2, 0.25) is 5.75 Å². The maximum absolute atomic E-state index is 12.6. The quantitative estimate of drug-likeness (QED) is 0.464. The average molecular weight is 380 g/mol. The van der Waals surface area contributed by atoms with Crippen LogP contribution in [0.15, 0.2) is 23.4 Å². The molecule has 27 heavy (non-hydrogen) atoms. The third kappa shape index (κ3) is 4.62. The minimum Gasteiger partial charge on any atom is -0.502 e. The number of allylic oxidation sites excluding steroid dienone is 1. The number of carbonyl (C=O) groups excluding carboxylic acids is 2. The first-order valence-electron chi connectivity index (χ1n) is 8.40. The van der Waals surface area contributed by atoms with Crippen molar-refractivity contribution in [3.05, 3.63) is 29.0 Å². The van der Waals surface area contributed by atoms with Crippen LogP contribution in [0.3, 0.4) is 0 Å². The molecule has 0 unspecified atom stereocenters. The van der Waals surface area contributed by atoms with Gasteiger partial charge in [0.1, 0.15) is 6.61 Å². The van der Waals surface area contributed by atoms with Gasteiger partial charge in [-0.2, -0.15) is 0 Å². The van der Waals surface area contributed by atoms with Gasteiger partial charge < -0.3 is 34.7 Å². The first-order valence-corrected chi connectivity index (χ1v) is 8.40. The van der Waals surface area contributed by atoms with E-state index in [2.05, 4.69) is 10.6 Å². The first kappa shape index (κ1) is 20.4. The van der Waals surface area contributed by atoms with Gasteiger partial charge in [-0.25, -0.2) is 9.59 Å². The summed E-state index contributed by atoms with van der Waals surface area (Å²) in [5.74, 6) is -0.459. The molecule has 1 aliphatic rings. The second-order valence-corrected chi connectivity index (χ2v) is 5.68. The average Bonchev–Trinajstić information content (AvgIpc) is 2.64. The predicted octanol–water partition coefficient (Wildman–Crippen LogP) is 1.62. The molecule has 1 heterocycles. The summed E-state index contributed by atoms with van der Waals surface area (Å²) in [5, 5.41) is 15.3. The van der Waals surface area contributed by atoms with Gasteiger partial charge in [-0.1, -0.05) is 0 Å². The van der Waals surface area contributed by atoms with Crippen LogP contribution in [0.2, 0.25) is 0 Å². The van der Waals surface area contributed by atoms with Crippen molar-refractivity contribution in [1.29, 1.82) is 0 Å². The minimum absolute atomic E-state index is 0.0896. The largest absolute Gasteiger partial charge is 0.502 e. The molecule has 0 spiro atoms. The van der Waals surface area contributed by atoms with E-state index in [-0.39, 0.29) is 36.0 Å². The number of hydrogen-bond acceptors (Lipinski definition) is 7. The van der Waals surface area contributed by atoms with Crippen LogP contribution in [-0.2, 0) is 14.3 Å². The smallest absolute Gasteiger partial charge is 0.338 e. The Hall–Kier alpha value is -2.94. The van der Waals surface area contributed by atoms with E-state index < -0.39 is 18.0 Å². The summed E-state index contributed by atoms with van der Waals surface area (Å²) < 4.78 is 20.7. The lowest BCUT2D eigenvalue weighted by Crippen LogP contribution is -2.45. The molecule has 9 nitrogen and oxygen atoms in total. The Balaban J connectivity index is 2.39. The molecular formula is C18H24N2O7. The maximum atomic E-state index is 12.6. The molecule has 0 saturated carbocycles. The number of methoxy groups -OCH3 is 2. The molecule has 3 N–H and O–H groups in total. The van der Waals surface area contributed by atoms with Crippen molar-refractivity contribution in [3.63, 3.8) is 0 Å². The Morgan fingerprint density at radius 1 is 1.19 bits per heavy atom. The van der Waals surface area contributed by atoms with Gasteiger partial charge in [0.25, 0.3) is 0 Å². The lowest BCUT2D eigenvalue weighted by molar-refractivity contribution is -0.141. The van der Waals surface area contributed by atoms with Crippen LogP contribution in [0.1, 0.15) is 25.5 Å². The molecule has 1 aromatic carbocycles. The van der Waals surface area contributed by atoms with Crippen LogP contribution in [0, 0.1) is 0 Å². The molecule has 2 rings (SSSR count). The van der Waals surface area contributed by atoms with Gasteiger partial charge >= 0.3 is 12.0 Å². The van der Waals surface area contributed by atoms with E-state index >= 15 is 0 Å². The highest BCUT2D eigenvalue weighted by Crippen LogP contribution is 2.40. The van der Waals surface area contributed by atoms with Crippen LogP contribution in [0.5, 0.6) is 17.2 Å². The van der Waals surface area contributed by atoms with Gasteiger partial charge in [-0.15, -0.1) is 0 Å². The van der Waals surface area contributed by atoms with Crippen LogP contribution in [0.25, 0.3) is 0 Å². The molecule has 1 aliphatic heterocycles. The standard InChI is InChI=1S/C18H24N2O7/c1-5-26-6-7-27-17(22)14-10(2)19-18(23)20-15(14)11-8-12(24-3)16(21)13(9-11)25-4/h8-9,15,21H,5-7H2,1-4H3,(H2,19,20,23)/t15-/m1/s1. The number of carbonyl (C=O) groups is 2. The molecule has 1 aromatic rings. The topological polar surface area (TPSA) is 115 Å². The van der Waals surface area contributed by atoms with Gasteiger partial charge in [0, 0.05) is 12.3 Å². The van der Waals surface area contributed by atoms with Crippen molar-refractivity contribution in [3.8, 4) is 17.2 Å². The fraction of sp³-hybridized carbons (Fsp3) is 0.444. The van der Waals surface area contributed by atoms with E-state index in [0.717, 1.165) is 0 Å². The number of aromatic hydroxyl groups is 1. The summed E-state index contributed by atoms with van der Waals surface area (Å²) in [6, 6.07) is 1.78. The summed E-state index contributed by atoms with van der Waals surface area (Å²) in [6.07, 6.45) is 0. The molecule has 9 heteroatoms. The maximum Gasteiger partial charge on any atom is 0.338 e. The highest BCUT2D eigenvalue weighted by atomic mass is 16.6. The van der Waals surface area contributed by atoms with Crippen LogP contribution in [-0.4, -0.2) is 51.1 Å². The number of esters is 1. The minimum atomic E-state index is -0.804. The first-order chi connectivity index (χ1) is 12.9. The van der Waals surface area contributed by atoms with Gasteiger partial charge in [-0.05, 0) is 31.5 Å². The SMILES string of the molecule is CCOCCOC(=O)C1=C(C)NC(=O)N[C@@H]1c1cc(OC)c(O)c(OC)c1. The molecule has 0 bridgehead atoms. The molecule has 1 atom stereocenters. The Labute approximate surface area is 157 Å². The van der Waals surface area contributed by atoms with E-state index in [9.17, 15) is 14.7 Å². The number of urea groups is 1. The fourth-order valence-corrected chi connectivity index (χ4v) is 2.71. The Kier molecular flexibility index (Phi) is 6.89. The third-order valence-electron chi connectivity index (χ3n) is 3.99. The van der Waals surface area contributed by atoms with E-state index in [4.69, 9.17) is 18.9 Å². The number of amides is 2. The Morgan fingerprint density at radius 3 is 2.37 bits per heavy atom. The van der Waals surface area contributed by atoms with E-state index in [1.54, 1.807) is 6.92 Å². The number of rotatable bonds is 8. The van der Waals surface area contributed by atoms with E-state index in [1.165, 1.54) is 26.4 Å². The molecular weight excluding hydrogens is 356 g/mol. The zero-order valence-corrected chi connectivity index (χ0v) is 15.8. The van der Waals surface area contributed by atoms with Gasteiger partial charge in [0.15, 0.2) is 11.5 Å². The molecule has 0 aromatic heterocycles. The summed E-state index contributed by atoms with van der Waals surface area (Å²) in [7, 11) is 2.78. The van der Waals surface area contributed by atoms with Crippen LogP contribution < -0.4 is 20.1 Å². The van der Waals surface area contributed by atoms with Crippen molar-refractivity contribution in [2.45, 2.75) is 19.9 Å². The Bertz CT molecular complexity index is 720. The number of phenols is 1. The monoisotopic (exact) mass is 380 g/mol. The van der Waals surface area contributed by atoms with E-state index in [1.807, 2.05) is 6.92 Å². The summed E-state index contributed by atoms with van der Waals surface area (Å²) >= 11 is 0. The zero-order valence-electron chi connectivity index (χ0n) is 15.8. The number of nitrogens with one attached hydrogen (secondary N) is 2. The third-order valence-corrected chi connectivity index (χ3v) is 3.99. The van der Waals surface area contributed by atoms with Crippen molar-refractivity contribution >= 4 is 12.0 Å². The second-order valence-electron chi connectivity index (χ2n) is 5.68. The highest BCUT2D eigenvalue weighted by molar-refractivity contribution is 5.95. The predicted molar refractivity (Wildman–Crippen MR) is 95.8 cm³/mol. The highest BCUT2D eigenvalue weighted by Gasteiger charge is 2.33. The molecule has 0 fully saturated rings. The number of phenolic OH excluding ortho intramolecular Hbond substituents is 1. The van der Waals surface area contributed by atoms with Crippen molar-refractivity contribution in [2.75, 3.05) is 34.0 Å².